The van der Waals surface area contributed by atoms with Gasteiger partial charge in [0.25, 0.3) is 0 Å². The fraction of sp³-hybridized carbons (Fsp3) is 0.235. The molecule has 0 aliphatic carbocycles. The summed E-state index contributed by atoms with van der Waals surface area (Å²) in [6.45, 7) is 6.41. The Hall–Kier alpha value is -1.74. The van der Waals surface area contributed by atoms with Crippen LogP contribution < -0.4 is 0 Å². The molecule has 0 saturated heterocycles. The zero-order valence-corrected chi connectivity index (χ0v) is 12.8. The van der Waals surface area contributed by atoms with Crippen molar-refractivity contribution in [2.45, 2.75) is 31.7 Å². The lowest BCUT2D eigenvalue weighted by atomic mass is 10.1. The number of H-pyrrole nitrogens is 1. The summed E-state index contributed by atoms with van der Waals surface area (Å²) in [5.74, 6) is 0.944. The van der Waals surface area contributed by atoms with Crippen molar-refractivity contribution in [3.05, 3.63) is 58.7 Å². The first kappa shape index (κ1) is 13.3. The van der Waals surface area contributed by atoms with Crippen LogP contribution in [0, 0.1) is 20.8 Å². The SMILES string of the molecule is Cc1ccc2nc(SCc3ccc(C)c(C)c3)[nH]c2c1. The number of hydrogen-bond acceptors (Lipinski definition) is 2. The van der Waals surface area contributed by atoms with E-state index < -0.39 is 0 Å². The highest BCUT2D eigenvalue weighted by atomic mass is 32.2. The average molecular weight is 282 g/mol. The molecule has 0 aliphatic heterocycles. The third-order valence-electron chi connectivity index (χ3n) is 3.56. The fourth-order valence-corrected chi connectivity index (χ4v) is 3.04. The molecule has 0 saturated carbocycles. The Balaban J connectivity index is 1.77. The number of nitrogens with zero attached hydrogens (tertiary/aromatic N) is 1. The standard InChI is InChI=1S/C17H18N2S/c1-11-4-7-15-16(8-11)19-17(18-15)20-10-14-6-5-12(2)13(3)9-14/h4-9H,10H2,1-3H3,(H,18,19). The van der Waals surface area contributed by atoms with Gasteiger partial charge in [-0.25, -0.2) is 4.98 Å². The molecule has 1 aromatic heterocycles. The van der Waals surface area contributed by atoms with Gasteiger partial charge in [0.1, 0.15) is 0 Å². The van der Waals surface area contributed by atoms with Crippen LogP contribution in [0.5, 0.6) is 0 Å². The van der Waals surface area contributed by atoms with Gasteiger partial charge in [-0.1, -0.05) is 36.0 Å². The van der Waals surface area contributed by atoms with Crippen molar-refractivity contribution in [2.24, 2.45) is 0 Å². The maximum Gasteiger partial charge on any atom is 0.166 e. The Labute approximate surface area is 123 Å². The molecule has 0 fully saturated rings. The van der Waals surface area contributed by atoms with Gasteiger partial charge in [0.2, 0.25) is 0 Å². The van der Waals surface area contributed by atoms with E-state index in [9.17, 15) is 0 Å². The fourth-order valence-electron chi connectivity index (χ4n) is 2.21. The molecule has 0 amide bonds. The summed E-state index contributed by atoms with van der Waals surface area (Å²) in [6.07, 6.45) is 0. The molecule has 0 radical (unpaired) electrons. The highest BCUT2D eigenvalue weighted by Gasteiger charge is 2.04. The van der Waals surface area contributed by atoms with Crippen molar-refractivity contribution in [1.29, 1.82) is 0 Å². The maximum absolute atomic E-state index is 4.62. The molecule has 3 rings (SSSR count). The van der Waals surface area contributed by atoms with Crippen molar-refractivity contribution >= 4 is 22.8 Å². The predicted molar refractivity (Wildman–Crippen MR) is 86.3 cm³/mol. The van der Waals surface area contributed by atoms with E-state index in [4.69, 9.17) is 0 Å². The topological polar surface area (TPSA) is 28.7 Å². The molecule has 1 N–H and O–H groups in total. The third kappa shape index (κ3) is 2.73. The molecule has 2 aromatic carbocycles. The number of aromatic amines is 1. The summed E-state index contributed by atoms with van der Waals surface area (Å²) in [5, 5.41) is 0.990. The van der Waals surface area contributed by atoms with Crippen LogP contribution in [0.25, 0.3) is 11.0 Å². The van der Waals surface area contributed by atoms with E-state index in [1.807, 2.05) is 0 Å². The normalized spacial score (nSPS) is 11.2. The lowest BCUT2D eigenvalue weighted by Crippen LogP contribution is -1.86. The number of hydrogen-bond donors (Lipinski definition) is 1. The number of thioether (sulfide) groups is 1. The first-order valence-corrected chi connectivity index (χ1v) is 7.76. The van der Waals surface area contributed by atoms with Gasteiger partial charge in [-0.15, -0.1) is 0 Å². The summed E-state index contributed by atoms with van der Waals surface area (Å²) < 4.78 is 0. The third-order valence-corrected chi connectivity index (χ3v) is 4.51. The van der Waals surface area contributed by atoms with Gasteiger partial charge in [0, 0.05) is 5.75 Å². The number of benzene rings is 2. The zero-order chi connectivity index (χ0) is 14.1. The van der Waals surface area contributed by atoms with Crippen LogP contribution >= 0.6 is 11.8 Å². The Morgan fingerprint density at radius 1 is 1.00 bits per heavy atom. The van der Waals surface area contributed by atoms with E-state index in [0.717, 1.165) is 21.9 Å². The number of aromatic nitrogens is 2. The Morgan fingerprint density at radius 3 is 2.65 bits per heavy atom. The molecule has 0 unspecified atom stereocenters. The summed E-state index contributed by atoms with van der Waals surface area (Å²) in [4.78, 5) is 8.00. The van der Waals surface area contributed by atoms with Crippen LogP contribution in [-0.2, 0) is 5.75 Å². The Kier molecular flexibility index (Phi) is 3.53. The Bertz CT molecular complexity index is 759. The monoisotopic (exact) mass is 282 g/mol. The van der Waals surface area contributed by atoms with Crippen LogP contribution in [-0.4, -0.2) is 9.97 Å². The van der Waals surface area contributed by atoms with Gasteiger partial charge >= 0.3 is 0 Å². The van der Waals surface area contributed by atoms with Crippen LogP contribution in [0.2, 0.25) is 0 Å². The number of aryl methyl sites for hydroxylation is 3. The van der Waals surface area contributed by atoms with Gasteiger partial charge in [-0.2, -0.15) is 0 Å². The molecule has 1 heterocycles. The number of nitrogens with one attached hydrogen (secondary N) is 1. The molecule has 3 aromatic rings. The number of imidazole rings is 1. The molecule has 0 bridgehead atoms. The largest absolute Gasteiger partial charge is 0.333 e. The van der Waals surface area contributed by atoms with Crippen molar-refractivity contribution in [1.82, 2.24) is 9.97 Å². The van der Waals surface area contributed by atoms with Gasteiger partial charge in [0.05, 0.1) is 11.0 Å². The molecule has 102 valence electrons. The minimum absolute atomic E-state index is 0.944. The molecule has 0 aliphatic rings. The van der Waals surface area contributed by atoms with Crippen LogP contribution in [0.1, 0.15) is 22.3 Å². The van der Waals surface area contributed by atoms with Crippen molar-refractivity contribution in [3.8, 4) is 0 Å². The summed E-state index contributed by atoms with van der Waals surface area (Å²) in [5.41, 5.74) is 7.45. The highest BCUT2D eigenvalue weighted by Crippen LogP contribution is 2.24. The van der Waals surface area contributed by atoms with Gasteiger partial charge < -0.3 is 4.98 Å². The van der Waals surface area contributed by atoms with Crippen molar-refractivity contribution < 1.29 is 0 Å². The number of rotatable bonds is 3. The maximum atomic E-state index is 4.62. The van der Waals surface area contributed by atoms with Gasteiger partial charge in [-0.3, -0.25) is 0 Å². The summed E-state index contributed by atoms with van der Waals surface area (Å²) >= 11 is 1.75. The van der Waals surface area contributed by atoms with E-state index in [1.54, 1.807) is 11.8 Å². The second-order valence-corrected chi connectivity index (χ2v) is 6.23. The molecule has 0 atom stereocenters. The summed E-state index contributed by atoms with van der Waals surface area (Å²) in [6, 6.07) is 13.0. The highest BCUT2D eigenvalue weighted by molar-refractivity contribution is 7.98. The minimum atomic E-state index is 0.944. The average Bonchev–Trinajstić information content (AvgIpc) is 2.82. The minimum Gasteiger partial charge on any atom is -0.333 e. The van der Waals surface area contributed by atoms with Crippen LogP contribution in [0.15, 0.2) is 41.6 Å². The second kappa shape index (κ2) is 5.33. The zero-order valence-electron chi connectivity index (χ0n) is 12.0. The summed E-state index contributed by atoms with van der Waals surface area (Å²) in [7, 11) is 0. The van der Waals surface area contributed by atoms with E-state index in [2.05, 4.69) is 67.1 Å². The number of fused-ring (bicyclic) bond motifs is 1. The smallest absolute Gasteiger partial charge is 0.166 e. The van der Waals surface area contributed by atoms with Crippen molar-refractivity contribution in [3.63, 3.8) is 0 Å². The van der Waals surface area contributed by atoms with Gasteiger partial charge in [0.15, 0.2) is 5.16 Å². The molecule has 3 heteroatoms. The predicted octanol–water partition coefficient (Wildman–Crippen LogP) is 4.78. The molecule has 2 nitrogen and oxygen atoms in total. The molecular formula is C17H18N2S. The first-order chi connectivity index (χ1) is 9.61. The van der Waals surface area contributed by atoms with Crippen LogP contribution in [0.4, 0.5) is 0 Å². The quantitative estimate of drug-likeness (QED) is 0.700. The van der Waals surface area contributed by atoms with E-state index in [-0.39, 0.29) is 0 Å². The van der Waals surface area contributed by atoms with E-state index >= 15 is 0 Å². The lowest BCUT2D eigenvalue weighted by Gasteiger charge is -2.03. The lowest BCUT2D eigenvalue weighted by molar-refractivity contribution is 1.08. The van der Waals surface area contributed by atoms with E-state index in [0.29, 0.717) is 0 Å². The van der Waals surface area contributed by atoms with E-state index in [1.165, 1.54) is 22.3 Å². The second-order valence-electron chi connectivity index (χ2n) is 5.27. The molecule has 0 spiro atoms. The first-order valence-electron chi connectivity index (χ1n) is 6.77. The van der Waals surface area contributed by atoms with Gasteiger partial charge in [-0.05, 0) is 55.2 Å². The molecular weight excluding hydrogens is 264 g/mol. The van der Waals surface area contributed by atoms with Crippen molar-refractivity contribution in [2.75, 3.05) is 0 Å². The molecule has 20 heavy (non-hydrogen) atoms. The van der Waals surface area contributed by atoms with Crippen LogP contribution in [0.3, 0.4) is 0 Å². The Morgan fingerprint density at radius 2 is 1.85 bits per heavy atom.